The van der Waals surface area contributed by atoms with Crippen LogP contribution >= 0.6 is 0 Å². The highest BCUT2D eigenvalue weighted by Gasteiger charge is 2.42. The number of carbonyl (C=O) groups is 1. The number of H-pyrrole nitrogens is 1. The van der Waals surface area contributed by atoms with Crippen LogP contribution in [-0.4, -0.2) is 17.4 Å². The number of para-hydroxylation sites is 1. The first-order valence-electron chi connectivity index (χ1n) is 8.14. The largest absolute Gasteiger partial charge is 0.361 e. The van der Waals surface area contributed by atoms with Crippen LogP contribution in [0, 0.1) is 17.8 Å². The minimum Gasteiger partial charge on any atom is -0.361 e. The van der Waals surface area contributed by atoms with Gasteiger partial charge in [-0.25, -0.2) is 0 Å². The molecule has 0 saturated heterocycles. The second-order valence-corrected chi connectivity index (χ2v) is 6.68. The molecule has 3 atom stereocenters. The maximum absolute atomic E-state index is 12.3. The van der Waals surface area contributed by atoms with E-state index in [9.17, 15) is 4.79 Å². The van der Waals surface area contributed by atoms with Crippen LogP contribution in [0.5, 0.6) is 0 Å². The fourth-order valence-corrected chi connectivity index (χ4v) is 4.36. The predicted molar refractivity (Wildman–Crippen MR) is 84.0 cm³/mol. The summed E-state index contributed by atoms with van der Waals surface area (Å²) < 4.78 is 0. The van der Waals surface area contributed by atoms with Gasteiger partial charge in [0.05, 0.1) is 0 Å². The van der Waals surface area contributed by atoms with Gasteiger partial charge >= 0.3 is 0 Å². The summed E-state index contributed by atoms with van der Waals surface area (Å²) in [6, 6.07) is 8.33. The van der Waals surface area contributed by atoms with Gasteiger partial charge in [-0.1, -0.05) is 24.6 Å². The van der Waals surface area contributed by atoms with Crippen molar-refractivity contribution in [3.63, 3.8) is 0 Å². The van der Waals surface area contributed by atoms with Crippen LogP contribution < -0.4 is 5.32 Å². The normalized spacial score (nSPS) is 27.3. The van der Waals surface area contributed by atoms with Gasteiger partial charge in [-0.2, -0.15) is 0 Å². The molecule has 3 heteroatoms. The Morgan fingerprint density at radius 1 is 1.24 bits per heavy atom. The zero-order valence-corrected chi connectivity index (χ0v) is 12.3. The lowest BCUT2D eigenvalue weighted by Gasteiger charge is -2.20. The van der Waals surface area contributed by atoms with Crippen molar-refractivity contribution in [3.05, 3.63) is 36.0 Å². The highest BCUT2D eigenvalue weighted by Crippen LogP contribution is 2.48. The molecule has 2 saturated carbocycles. The van der Waals surface area contributed by atoms with E-state index in [0.29, 0.717) is 17.7 Å². The lowest BCUT2D eigenvalue weighted by atomic mass is 9.88. The third-order valence-electron chi connectivity index (χ3n) is 5.44. The fraction of sp³-hybridized carbons (Fsp3) is 0.500. The number of aromatic nitrogens is 1. The molecule has 2 bridgehead atoms. The summed E-state index contributed by atoms with van der Waals surface area (Å²) in [4.78, 5) is 15.6. The number of hydrogen-bond acceptors (Lipinski definition) is 1. The lowest BCUT2D eigenvalue weighted by molar-refractivity contribution is -0.126. The molecule has 1 amide bonds. The quantitative estimate of drug-likeness (QED) is 0.888. The Labute approximate surface area is 125 Å². The van der Waals surface area contributed by atoms with Gasteiger partial charge in [-0.15, -0.1) is 0 Å². The number of fused-ring (bicyclic) bond motifs is 3. The van der Waals surface area contributed by atoms with Crippen molar-refractivity contribution in [2.45, 2.75) is 32.1 Å². The molecule has 2 N–H and O–H groups in total. The van der Waals surface area contributed by atoms with Gasteiger partial charge in [0.15, 0.2) is 0 Å². The Bertz CT molecular complexity index is 660. The fourth-order valence-electron chi connectivity index (χ4n) is 4.36. The van der Waals surface area contributed by atoms with Crippen LogP contribution in [0.15, 0.2) is 30.5 Å². The summed E-state index contributed by atoms with van der Waals surface area (Å²) in [5, 5.41) is 4.43. The van der Waals surface area contributed by atoms with E-state index in [4.69, 9.17) is 0 Å². The summed E-state index contributed by atoms with van der Waals surface area (Å²) in [7, 11) is 0. The number of nitrogens with one attached hydrogen (secondary N) is 2. The third kappa shape index (κ3) is 2.35. The Morgan fingerprint density at radius 3 is 2.95 bits per heavy atom. The molecule has 0 spiro atoms. The van der Waals surface area contributed by atoms with E-state index < -0.39 is 0 Å². The summed E-state index contributed by atoms with van der Waals surface area (Å²) in [5.41, 5.74) is 2.46. The second-order valence-electron chi connectivity index (χ2n) is 6.68. The molecule has 3 unspecified atom stereocenters. The van der Waals surface area contributed by atoms with E-state index >= 15 is 0 Å². The molecule has 4 rings (SSSR count). The summed E-state index contributed by atoms with van der Waals surface area (Å²) in [6.07, 6.45) is 8.00. The number of aromatic amines is 1. The van der Waals surface area contributed by atoms with Gasteiger partial charge in [-0.3, -0.25) is 4.79 Å². The zero-order valence-electron chi connectivity index (χ0n) is 12.3. The van der Waals surface area contributed by atoms with Crippen LogP contribution in [-0.2, 0) is 11.2 Å². The molecular formula is C18H22N2O. The molecular weight excluding hydrogens is 260 g/mol. The van der Waals surface area contributed by atoms with E-state index in [1.165, 1.54) is 35.7 Å². The predicted octanol–water partition coefficient (Wildman–Crippen LogP) is 3.26. The average molecular weight is 282 g/mol. The first-order chi connectivity index (χ1) is 10.3. The van der Waals surface area contributed by atoms with E-state index in [0.717, 1.165) is 25.3 Å². The number of benzene rings is 1. The van der Waals surface area contributed by atoms with Gasteiger partial charge in [0.25, 0.3) is 0 Å². The summed E-state index contributed by atoms with van der Waals surface area (Å²) >= 11 is 0. The average Bonchev–Trinajstić information content (AvgIpc) is 3.22. The van der Waals surface area contributed by atoms with Crippen molar-refractivity contribution in [2.24, 2.45) is 17.8 Å². The third-order valence-corrected chi connectivity index (χ3v) is 5.44. The number of rotatable bonds is 4. The van der Waals surface area contributed by atoms with Crippen molar-refractivity contribution in [2.75, 3.05) is 6.54 Å². The first kappa shape index (κ1) is 12.9. The monoisotopic (exact) mass is 282 g/mol. The molecule has 1 aromatic heterocycles. The number of amides is 1. The van der Waals surface area contributed by atoms with Crippen molar-refractivity contribution in [3.8, 4) is 0 Å². The molecule has 1 aromatic carbocycles. The minimum atomic E-state index is 0.294. The molecule has 21 heavy (non-hydrogen) atoms. The molecule has 110 valence electrons. The summed E-state index contributed by atoms with van der Waals surface area (Å²) in [5.74, 6) is 2.09. The van der Waals surface area contributed by atoms with Gasteiger partial charge in [0.1, 0.15) is 0 Å². The Morgan fingerprint density at radius 2 is 2.14 bits per heavy atom. The Kier molecular flexibility index (Phi) is 3.21. The number of hydrogen-bond donors (Lipinski definition) is 2. The lowest BCUT2D eigenvalue weighted by Crippen LogP contribution is -2.34. The van der Waals surface area contributed by atoms with E-state index in [1.807, 2.05) is 6.07 Å². The SMILES string of the molecule is O=C(NCCc1c[nH]c2ccccc12)C1CC2CCC1C2. The smallest absolute Gasteiger partial charge is 0.223 e. The standard InChI is InChI=1S/C18H22N2O/c21-18(16-10-12-5-6-13(16)9-12)19-8-7-14-11-20-17-4-2-1-3-15(14)17/h1-4,11-13,16,20H,5-10H2,(H,19,21). The maximum atomic E-state index is 12.3. The van der Waals surface area contributed by atoms with Crippen LogP contribution in [0.3, 0.4) is 0 Å². The summed E-state index contributed by atoms with van der Waals surface area (Å²) in [6.45, 7) is 0.745. The molecule has 2 aliphatic carbocycles. The first-order valence-corrected chi connectivity index (χ1v) is 8.14. The van der Waals surface area contributed by atoms with E-state index in [-0.39, 0.29) is 0 Å². The Balaban J connectivity index is 1.34. The van der Waals surface area contributed by atoms with Crippen molar-refractivity contribution in [1.82, 2.24) is 10.3 Å². The highest BCUT2D eigenvalue weighted by molar-refractivity contribution is 5.83. The maximum Gasteiger partial charge on any atom is 0.223 e. The van der Waals surface area contributed by atoms with Gasteiger partial charge in [-0.05, 0) is 49.1 Å². The second kappa shape index (κ2) is 5.21. The topological polar surface area (TPSA) is 44.9 Å². The molecule has 0 radical (unpaired) electrons. The minimum absolute atomic E-state index is 0.294. The molecule has 2 aliphatic rings. The van der Waals surface area contributed by atoms with E-state index in [1.54, 1.807) is 0 Å². The van der Waals surface area contributed by atoms with Gasteiger partial charge in [0, 0.05) is 29.6 Å². The molecule has 1 heterocycles. The molecule has 0 aliphatic heterocycles. The van der Waals surface area contributed by atoms with Crippen LogP contribution in [0.1, 0.15) is 31.2 Å². The molecule has 2 aromatic rings. The molecule has 2 fully saturated rings. The zero-order chi connectivity index (χ0) is 14.2. The van der Waals surface area contributed by atoms with Gasteiger partial charge in [0.2, 0.25) is 5.91 Å². The van der Waals surface area contributed by atoms with Crippen molar-refractivity contribution in [1.29, 1.82) is 0 Å². The van der Waals surface area contributed by atoms with Crippen molar-refractivity contribution >= 4 is 16.8 Å². The Hall–Kier alpha value is -1.77. The van der Waals surface area contributed by atoms with Gasteiger partial charge < -0.3 is 10.3 Å². The van der Waals surface area contributed by atoms with E-state index in [2.05, 4.69) is 34.7 Å². The van der Waals surface area contributed by atoms with Crippen LogP contribution in [0.25, 0.3) is 10.9 Å². The van der Waals surface area contributed by atoms with Crippen molar-refractivity contribution < 1.29 is 4.79 Å². The van der Waals surface area contributed by atoms with Crippen LogP contribution in [0.2, 0.25) is 0 Å². The number of carbonyl (C=O) groups excluding carboxylic acids is 1. The molecule has 3 nitrogen and oxygen atoms in total. The highest BCUT2D eigenvalue weighted by atomic mass is 16.1. The van der Waals surface area contributed by atoms with Crippen LogP contribution in [0.4, 0.5) is 0 Å².